The summed E-state index contributed by atoms with van der Waals surface area (Å²) in [6.07, 6.45) is 10.9. The molecule has 4 saturated heterocycles. The number of benzene rings is 2. The molecule has 4 amide bonds. The first kappa shape index (κ1) is 47.7. The highest BCUT2D eigenvalue weighted by Gasteiger charge is 2.58. The van der Waals surface area contributed by atoms with Crippen molar-refractivity contribution < 1.29 is 28.7 Å². The first-order chi connectivity index (χ1) is 34.2. The average Bonchev–Trinajstić information content (AvgIpc) is 4.20. The lowest BCUT2D eigenvalue weighted by Crippen LogP contribution is -2.62. The third kappa shape index (κ3) is 9.06. The van der Waals surface area contributed by atoms with Gasteiger partial charge in [0.15, 0.2) is 0 Å². The fourth-order valence-electron chi connectivity index (χ4n) is 13.1. The van der Waals surface area contributed by atoms with Crippen molar-refractivity contribution in [2.45, 2.75) is 154 Å². The number of amides is 4. The number of aryl methyl sites for hydroxylation is 1. The van der Waals surface area contributed by atoms with E-state index in [1.807, 2.05) is 29.3 Å². The Bertz CT molecular complexity index is 2760. The molecule has 376 valence electrons. The molecule has 2 saturated carbocycles. The predicted molar refractivity (Wildman–Crippen MR) is 271 cm³/mol. The van der Waals surface area contributed by atoms with Crippen molar-refractivity contribution in [3.63, 3.8) is 0 Å². The molecule has 11 rings (SSSR count). The third-order valence-corrected chi connectivity index (χ3v) is 17.1. The zero-order valence-corrected chi connectivity index (χ0v) is 42.3. The number of hydrazine groups is 1. The third-order valence-electron chi connectivity index (χ3n) is 17.1. The average molecular weight is 965 g/mol. The van der Waals surface area contributed by atoms with E-state index in [4.69, 9.17) is 9.72 Å². The molecule has 6 fully saturated rings. The van der Waals surface area contributed by atoms with Crippen LogP contribution in [0.4, 0.5) is 0 Å². The van der Waals surface area contributed by atoms with Crippen molar-refractivity contribution in [3.8, 4) is 22.4 Å². The van der Waals surface area contributed by atoms with E-state index in [2.05, 4.69) is 91.6 Å². The molecule has 2 aromatic heterocycles. The van der Waals surface area contributed by atoms with E-state index in [1.54, 1.807) is 4.90 Å². The summed E-state index contributed by atoms with van der Waals surface area (Å²) in [7, 11) is 0. The number of hydrogen-bond donors (Lipinski definition) is 3. The fourth-order valence-corrected chi connectivity index (χ4v) is 13.1. The van der Waals surface area contributed by atoms with Gasteiger partial charge in [0.1, 0.15) is 24.2 Å². The largest absolute Gasteiger partial charge is 0.464 e. The summed E-state index contributed by atoms with van der Waals surface area (Å²) in [4.78, 5) is 81.2. The van der Waals surface area contributed by atoms with E-state index in [9.17, 15) is 14.4 Å². The Balaban J connectivity index is 0.928. The number of carbonyl (C=O) groups is 5. The maximum absolute atomic E-state index is 15.2. The molecule has 6 bridgehead atoms. The van der Waals surface area contributed by atoms with Crippen LogP contribution in [0, 0.1) is 22.7 Å². The van der Waals surface area contributed by atoms with Crippen molar-refractivity contribution in [2.75, 3.05) is 32.8 Å². The van der Waals surface area contributed by atoms with Crippen LogP contribution in [0.3, 0.4) is 0 Å². The normalized spacial score (nSPS) is 27.4. The number of nitrogens with zero attached hydrogens (tertiary/aromatic N) is 5. The van der Waals surface area contributed by atoms with Crippen LogP contribution >= 0.6 is 0 Å². The van der Waals surface area contributed by atoms with E-state index in [0.29, 0.717) is 64.2 Å². The topological polar surface area (TPSA) is 168 Å². The van der Waals surface area contributed by atoms with Crippen LogP contribution in [0.1, 0.15) is 122 Å². The van der Waals surface area contributed by atoms with Crippen molar-refractivity contribution >= 4 is 40.5 Å². The van der Waals surface area contributed by atoms with Crippen LogP contribution in [0.15, 0.2) is 60.8 Å². The maximum atomic E-state index is 15.2. The Morgan fingerprint density at radius 3 is 2.48 bits per heavy atom. The molecule has 5 aliphatic heterocycles. The summed E-state index contributed by atoms with van der Waals surface area (Å²) in [5.74, 6) is -0.265. The maximum Gasteiger partial charge on any atom is 0.324 e. The standard InChI is InChI=1S/C57H72N8O6/c1-6-63-45-21-20-39-30-41(45)42(50(63)40-16-10-24-58-46(40)34(2)3)31-56(4,5)33-71-54(69)43-17-11-25-65(61-43)52(67)44(29-35-12-9-15-38(39)28-35)59-51(66)49(37-13-7-8-14-37)64-27-23-57(55(64)70)22-26-62(32-57)53(68)48-47(60-48)36-18-19-36/h9-10,12,15-16,20-21,24,28,30,34,36-37,43-44,47-49,60-61H,6-8,11,13-14,17-19,22-23,25-27,29,31-33H2,1-5H3,(H,59,66)/t43-,44-,47+,48+,49-,57-/m0/s1. The zero-order chi connectivity index (χ0) is 49.3. The van der Waals surface area contributed by atoms with Gasteiger partial charge in [-0.05, 0) is 129 Å². The summed E-state index contributed by atoms with van der Waals surface area (Å²) in [5.41, 5.74) is 10.5. The number of aromatic nitrogens is 2. The van der Waals surface area contributed by atoms with E-state index in [-0.39, 0.29) is 60.6 Å². The molecule has 0 radical (unpaired) electrons. The van der Waals surface area contributed by atoms with Gasteiger partial charge in [-0.3, -0.25) is 39.3 Å². The van der Waals surface area contributed by atoms with E-state index in [1.165, 1.54) is 23.4 Å². The molecule has 2 aromatic carbocycles. The highest BCUT2D eigenvalue weighted by molar-refractivity contribution is 5.97. The predicted octanol–water partition coefficient (Wildman–Crippen LogP) is 6.92. The van der Waals surface area contributed by atoms with Gasteiger partial charge in [0.05, 0.1) is 23.4 Å². The first-order valence-corrected chi connectivity index (χ1v) is 26.8. The minimum atomic E-state index is -0.997. The van der Waals surface area contributed by atoms with Crippen LogP contribution in [0.25, 0.3) is 33.3 Å². The summed E-state index contributed by atoms with van der Waals surface area (Å²) in [6.45, 7) is 13.5. The smallest absolute Gasteiger partial charge is 0.324 e. The summed E-state index contributed by atoms with van der Waals surface area (Å²) in [5, 5.41) is 9.28. The Morgan fingerprint density at radius 2 is 1.70 bits per heavy atom. The van der Waals surface area contributed by atoms with Crippen molar-refractivity contribution in [1.29, 1.82) is 0 Å². The molecule has 0 unspecified atom stereocenters. The first-order valence-electron chi connectivity index (χ1n) is 26.8. The molecule has 14 nitrogen and oxygen atoms in total. The van der Waals surface area contributed by atoms with Gasteiger partial charge < -0.3 is 24.4 Å². The number of pyridine rings is 1. The van der Waals surface area contributed by atoms with Gasteiger partial charge >= 0.3 is 5.97 Å². The fraction of sp³-hybridized carbons (Fsp3) is 0.579. The molecular weight excluding hydrogens is 893 g/mol. The summed E-state index contributed by atoms with van der Waals surface area (Å²) >= 11 is 0. The van der Waals surface area contributed by atoms with Crippen LogP contribution in [0.5, 0.6) is 0 Å². The second kappa shape index (κ2) is 18.8. The van der Waals surface area contributed by atoms with E-state index in [0.717, 1.165) is 76.8 Å². The number of ether oxygens (including phenoxy) is 1. The number of nitrogens with one attached hydrogen (secondary N) is 3. The van der Waals surface area contributed by atoms with Crippen LogP contribution in [0.2, 0.25) is 0 Å². The minimum Gasteiger partial charge on any atom is -0.464 e. The van der Waals surface area contributed by atoms with Gasteiger partial charge in [0.2, 0.25) is 17.7 Å². The Labute approximate surface area is 418 Å². The Hall–Kier alpha value is -5.60. The number of carbonyl (C=O) groups excluding carboxylic acids is 5. The van der Waals surface area contributed by atoms with Gasteiger partial charge in [0.25, 0.3) is 5.91 Å². The highest BCUT2D eigenvalue weighted by Crippen LogP contribution is 2.46. The van der Waals surface area contributed by atoms with Gasteiger partial charge in [-0.1, -0.05) is 70.9 Å². The number of cyclic esters (lactones) is 1. The molecular formula is C57H72N8O6. The second-order valence-electron chi connectivity index (χ2n) is 23.2. The Morgan fingerprint density at radius 1 is 0.915 bits per heavy atom. The van der Waals surface area contributed by atoms with Gasteiger partial charge in [-0.15, -0.1) is 0 Å². The quantitative estimate of drug-likeness (QED) is 0.119. The van der Waals surface area contributed by atoms with Gasteiger partial charge in [0, 0.05) is 73.3 Å². The number of likely N-dealkylation sites (tertiary alicyclic amines) is 2. The molecule has 6 atom stereocenters. The Kier molecular flexibility index (Phi) is 12.6. The van der Waals surface area contributed by atoms with Gasteiger partial charge in [-0.2, -0.15) is 0 Å². The summed E-state index contributed by atoms with van der Waals surface area (Å²) in [6, 6.07) is 16.7. The van der Waals surface area contributed by atoms with Crippen LogP contribution in [-0.2, 0) is 48.1 Å². The van der Waals surface area contributed by atoms with Crippen molar-refractivity contribution in [3.05, 3.63) is 77.6 Å². The highest BCUT2D eigenvalue weighted by atomic mass is 16.5. The second-order valence-corrected chi connectivity index (χ2v) is 23.2. The van der Waals surface area contributed by atoms with E-state index < -0.39 is 34.9 Å². The molecule has 71 heavy (non-hydrogen) atoms. The number of fused-ring (bicyclic) bond motifs is 6. The van der Waals surface area contributed by atoms with E-state index >= 15 is 9.59 Å². The molecule has 1 spiro atoms. The lowest BCUT2D eigenvalue weighted by molar-refractivity contribution is -0.155. The molecule has 2 aliphatic carbocycles. The lowest BCUT2D eigenvalue weighted by atomic mass is 9.83. The van der Waals surface area contributed by atoms with Crippen molar-refractivity contribution in [2.24, 2.45) is 22.7 Å². The number of hydrogen-bond acceptors (Lipinski definition) is 9. The van der Waals surface area contributed by atoms with Crippen molar-refractivity contribution in [1.82, 2.24) is 40.4 Å². The minimum absolute atomic E-state index is 0.0457. The lowest BCUT2D eigenvalue weighted by Gasteiger charge is -2.37. The molecule has 7 heterocycles. The van der Waals surface area contributed by atoms with Crippen LogP contribution in [-0.4, -0.2) is 117 Å². The number of esters is 1. The summed E-state index contributed by atoms with van der Waals surface area (Å²) < 4.78 is 8.59. The SMILES string of the molecule is CCn1c(-c2cccnc2C(C)C)c2c3cc(ccc31)-c1cccc(c1)C[C@H](NC(=O)[C@H](C1CCCC1)N1CC[C@]3(CCN(C(=O)[C@@H]4N[C@@H]4C4CC4)C3)C1=O)C(=O)N1CCC[C@H](N1)C(=O)OCC(C)(C)C2. The zero-order valence-electron chi connectivity index (χ0n) is 42.3. The monoisotopic (exact) mass is 965 g/mol. The van der Waals surface area contributed by atoms with Crippen LogP contribution < -0.4 is 16.1 Å². The molecule has 3 N–H and O–H groups in total. The molecule has 14 heteroatoms. The number of rotatable bonds is 9. The molecule has 7 aliphatic rings. The molecule has 4 aromatic rings. The van der Waals surface area contributed by atoms with Gasteiger partial charge in [-0.25, -0.2) is 5.43 Å².